The summed E-state index contributed by atoms with van der Waals surface area (Å²) in [5.74, 6) is 3.04. The zero-order chi connectivity index (χ0) is 22.6. The maximum Gasteiger partial charge on any atom is 0.231 e. The maximum absolute atomic E-state index is 12.6. The van der Waals surface area contributed by atoms with Crippen molar-refractivity contribution in [3.05, 3.63) is 48.3 Å². The predicted molar refractivity (Wildman–Crippen MR) is 125 cm³/mol. The minimum absolute atomic E-state index is 0.0492. The van der Waals surface area contributed by atoms with Crippen molar-refractivity contribution in [2.24, 2.45) is 5.92 Å². The number of nitrogens with zero attached hydrogens (tertiary/aromatic N) is 4. The van der Waals surface area contributed by atoms with Crippen molar-refractivity contribution in [1.29, 1.82) is 0 Å². The Bertz CT molecular complexity index is 1120. The molecule has 172 valence electrons. The molecule has 0 bridgehead atoms. The Hall–Kier alpha value is -3.07. The van der Waals surface area contributed by atoms with Gasteiger partial charge in [0.05, 0.1) is 5.75 Å². The highest BCUT2D eigenvalue weighted by atomic mass is 32.2. The Labute approximate surface area is 197 Å². The van der Waals surface area contributed by atoms with Crippen LogP contribution in [-0.4, -0.2) is 38.2 Å². The summed E-state index contributed by atoms with van der Waals surface area (Å²) in [6, 6.07) is 9.94. The number of carbonyl (C=O) groups is 1. The zero-order valence-electron chi connectivity index (χ0n) is 18.6. The molecule has 1 saturated carbocycles. The molecule has 0 spiro atoms. The Morgan fingerprint density at radius 3 is 2.91 bits per heavy atom. The van der Waals surface area contributed by atoms with E-state index in [1.165, 1.54) is 31.0 Å². The van der Waals surface area contributed by atoms with Crippen molar-refractivity contribution < 1.29 is 14.3 Å². The highest BCUT2D eigenvalue weighted by molar-refractivity contribution is 7.99. The summed E-state index contributed by atoms with van der Waals surface area (Å²) in [5, 5.41) is 12.7. The van der Waals surface area contributed by atoms with Gasteiger partial charge in [0, 0.05) is 30.5 Å². The van der Waals surface area contributed by atoms with Gasteiger partial charge in [-0.05, 0) is 48.6 Å². The molecule has 0 radical (unpaired) electrons. The third-order valence-corrected chi connectivity index (χ3v) is 7.18. The van der Waals surface area contributed by atoms with Gasteiger partial charge in [0.2, 0.25) is 12.7 Å². The molecule has 33 heavy (non-hydrogen) atoms. The van der Waals surface area contributed by atoms with E-state index in [0.717, 1.165) is 34.3 Å². The van der Waals surface area contributed by atoms with Crippen LogP contribution in [-0.2, 0) is 11.3 Å². The topological polar surface area (TPSA) is 91.2 Å². The second-order valence-corrected chi connectivity index (χ2v) is 9.44. The van der Waals surface area contributed by atoms with Gasteiger partial charge in [0.1, 0.15) is 0 Å². The normalized spacial score (nSPS) is 19.4. The van der Waals surface area contributed by atoms with Crippen molar-refractivity contribution >= 4 is 17.7 Å². The van der Waals surface area contributed by atoms with Gasteiger partial charge in [-0.2, -0.15) is 0 Å². The molecule has 1 N–H and O–H groups in total. The first-order chi connectivity index (χ1) is 16.2. The first-order valence-corrected chi connectivity index (χ1v) is 12.3. The van der Waals surface area contributed by atoms with E-state index in [9.17, 15) is 4.79 Å². The van der Waals surface area contributed by atoms with Gasteiger partial charge in [-0.3, -0.25) is 14.3 Å². The molecule has 9 heteroatoms. The molecule has 1 aliphatic carbocycles. The van der Waals surface area contributed by atoms with Gasteiger partial charge in [-0.1, -0.05) is 37.6 Å². The van der Waals surface area contributed by atoms with Crippen LogP contribution in [0.3, 0.4) is 0 Å². The number of hydrogen-bond donors (Lipinski definition) is 1. The molecule has 8 nitrogen and oxygen atoms in total. The van der Waals surface area contributed by atoms with Crippen molar-refractivity contribution in [2.75, 3.05) is 12.5 Å². The van der Waals surface area contributed by atoms with Gasteiger partial charge < -0.3 is 14.8 Å². The Morgan fingerprint density at radius 2 is 2.06 bits per heavy atom. The molecule has 2 atom stereocenters. The second-order valence-electron chi connectivity index (χ2n) is 8.50. The summed E-state index contributed by atoms with van der Waals surface area (Å²) >= 11 is 1.43. The van der Waals surface area contributed by atoms with Crippen LogP contribution in [0.4, 0.5) is 0 Å². The SMILES string of the molecule is C[C@H]1CCCC[C@H]1n1c(SCC(=O)NCc2ccc3c(c2)OCO3)nnc1-c1cccnc1. The van der Waals surface area contributed by atoms with Gasteiger partial charge >= 0.3 is 0 Å². The fraction of sp³-hybridized carbons (Fsp3) is 0.417. The number of aromatic nitrogens is 4. The molecule has 0 unspecified atom stereocenters. The van der Waals surface area contributed by atoms with Crippen molar-refractivity contribution in [2.45, 2.75) is 50.4 Å². The molecule has 3 heterocycles. The molecule has 2 aliphatic rings. The van der Waals surface area contributed by atoms with Gasteiger partial charge in [0.15, 0.2) is 22.5 Å². The van der Waals surface area contributed by atoms with Crippen LogP contribution in [0, 0.1) is 5.92 Å². The molecule has 1 fully saturated rings. The number of rotatable bonds is 7. The summed E-state index contributed by atoms with van der Waals surface area (Å²) in [6.45, 7) is 2.97. The summed E-state index contributed by atoms with van der Waals surface area (Å²) < 4.78 is 13.0. The van der Waals surface area contributed by atoms with Crippen LogP contribution in [0.15, 0.2) is 47.9 Å². The second kappa shape index (κ2) is 9.82. The van der Waals surface area contributed by atoms with E-state index in [2.05, 4.69) is 32.0 Å². The van der Waals surface area contributed by atoms with Crippen molar-refractivity contribution in [3.8, 4) is 22.9 Å². The minimum Gasteiger partial charge on any atom is -0.454 e. The molecule has 0 saturated heterocycles. The van der Waals surface area contributed by atoms with E-state index < -0.39 is 0 Å². The number of pyridine rings is 1. The number of nitrogens with one attached hydrogen (secondary N) is 1. The van der Waals surface area contributed by atoms with Crippen LogP contribution in [0.2, 0.25) is 0 Å². The lowest BCUT2D eigenvalue weighted by atomic mass is 9.85. The lowest BCUT2D eigenvalue weighted by molar-refractivity contribution is -0.118. The fourth-order valence-electron chi connectivity index (χ4n) is 4.48. The number of benzene rings is 1. The van der Waals surface area contributed by atoms with Gasteiger partial charge in [-0.15, -0.1) is 10.2 Å². The van der Waals surface area contributed by atoms with E-state index in [1.807, 2.05) is 36.5 Å². The van der Waals surface area contributed by atoms with E-state index in [1.54, 1.807) is 6.20 Å². The van der Waals surface area contributed by atoms with Gasteiger partial charge in [-0.25, -0.2) is 0 Å². The van der Waals surface area contributed by atoms with E-state index in [-0.39, 0.29) is 18.5 Å². The van der Waals surface area contributed by atoms with Crippen molar-refractivity contribution in [1.82, 2.24) is 25.1 Å². The first kappa shape index (κ1) is 21.8. The highest BCUT2D eigenvalue weighted by Gasteiger charge is 2.29. The standard InChI is InChI=1S/C24H27N5O3S/c1-16-5-2-3-7-19(16)29-23(18-6-4-10-25-13-18)27-28-24(29)33-14-22(30)26-12-17-8-9-20-21(11-17)32-15-31-20/h4,6,8-11,13,16,19H,2-3,5,7,12,14-15H2,1H3,(H,26,30)/t16-,19+/m0/s1. The van der Waals surface area contributed by atoms with Crippen LogP contribution in [0.25, 0.3) is 11.4 Å². The number of hydrogen-bond acceptors (Lipinski definition) is 7. The molecule has 5 rings (SSSR count). The smallest absolute Gasteiger partial charge is 0.231 e. The molecule has 3 aromatic rings. The number of fused-ring (bicyclic) bond motifs is 1. The summed E-state index contributed by atoms with van der Waals surface area (Å²) in [4.78, 5) is 16.9. The van der Waals surface area contributed by atoms with E-state index >= 15 is 0 Å². The third-order valence-electron chi connectivity index (χ3n) is 6.24. The Balaban J connectivity index is 1.27. The molecule has 1 aliphatic heterocycles. The molecular weight excluding hydrogens is 438 g/mol. The largest absolute Gasteiger partial charge is 0.454 e. The molecular formula is C24H27N5O3S. The highest BCUT2D eigenvalue weighted by Crippen LogP contribution is 2.39. The average Bonchev–Trinajstić information content (AvgIpc) is 3.49. The fourth-order valence-corrected chi connectivity index (χ4v) is 5.30. The van der Waals surface area contributed by atoms with E-state index in [4.69, 9.17) is 9.47 Å². The minimum atomic E-state index is -0.0492. The summed E-state index contributed by atoms with van der Waals surface area (Å²) in [6.07, 6.45) is 8.31. The Morgan fingerprint density at radius 1 is 1.18 bits per heavy atom. The van der Waals surface area contributed by atoms with Gasteiger partial charge in [0.25, 0.3) is 0 Å². The van der Waals surface area contributed by atoms with Crippen LogP contribution < -0.4 is 14.8 Å². The summed E-state index contributed by atoms with van der Waals surface area (Å²) in [7, 11) is 0. The van der Waals surface area contributed by atoms with E-state index in [0.29, 0.717) is 24.3 Å². The lowest BCUT2D eigenvalue weighted by Crippen LogP contribution is -2.25. The number of amides is 1. The molecule has 1 aromatic carbocycles. The summed E-state index contributed by atoms with van der Waals surface area (Å²) in [5.41, 5.74) is 1.91. The molecule has 2 aromatic heterocycles. The lowest BCUT2D eigenvalue weighted by Gasteiger charge is -2.31. The first-order valence-electron chi connectivity index (χ1n) is 11.3. The number of thioether (sulfide) groups is 1. The Kier molecular flexibility index (Phi) is 6.48. The maximum atomic E-state index is 12.6. The molecule has 1 amide bonds. The van der Waals surface area contributed by atoms with Crippen LogP contribution >= 0.6 is 11.8 Å². The van der Waals surface area contributed by atoms with Crippen LogP contribution in [0.1, 0.15) is 44.2 Å². The van der Waals surface area contributed by atoms with Crippen molar-refractivity contribution in [3.63, 3.8) is 0 Å². The third kappa shape index (κ3) is 4.83. The predicted octanol–water partition coefficient (Wildman–Crippen LogP) is 4.23. The average molecular weight is 466 g/mol. The monoisotopic (exact) mass is 465 g/mol. The number of carbonyl (C=O) groups excluding carboxylic acids is 1. The van der Waals surface area contributed by atoms with Crippen LogP contribution in [0.5, 0.6) is 11.5 Å². The zero-order valence-corrected chi connectivity index (χ0v) is 19.4. The quantitative estimate of drug-likeness (QED) is 0.522. The number of ether oxygens (including phenoxy) is 2.